The highest BCUT2D eigenvalue weighted by Crippen LogP contribution is 2.17. The maximum atomic E-state index is 12.4. The summed E-state index contributed by atoms with van der Waals surface area (Å²) in [4.78, 5) is 26.2. The highest BCUT2D eigenvalue weighted by molar-refractivity contribution is 14.1. The van der Waals surface area contributed by atoms with E-state index in [0.717, 1.165) is 22.2 Å². The Kier molecular flexibility index (Phi) is 5.21. The fraction of sp³-hybridized carbons (Fsp3) is 0.412. The molecule has 1 saturated heterocycles. The molecular formula is C17H19IN2O4. The van der Waals surface area contributed by atoms with Gasteiger partial charge in [-0.1, -0.05) is 0 Å². The van der Waals surface area contributed by atoms with Crippen LogP contribution < -0.4 is 5.43 Å². The highest BCUT2D eigenvalue weighted by atomic mass is 127. The van der Waals surface area contributed by atoms with Crippen molar-refractivity contribution in [2.45, 2.75) is 19.5 Å². The molecule has 2 heterocycles. The SMILES string of the molecule is CC(Cn1cc(C(=O)O)c(=O)c2cc(I)ccc21)N1CCOCC1. The van der Waals surface area contributed by atoms with Crippen LogP contribution >= 0.6 is 22.6 Å². The Morgan fingerprint density at radius 1 is 1.38 bits per heavy atom. The molecule has 3 rings (SSSR count). The predicted molar refractivity (Wildman–Crippen MR) is 99.7 cm³/mol. The number of morpholine rings is 1. The van der Waals surface area contributed by atoms with Gasteiger partial charge in [-0.2, -0.15) is 0 Å². The van der Waals surface area contributed by atoms with Crippen molar-refractivity contribution < 1.29 is 14.6 Å². The molecule has 0 bridgehead atoms. The first-order valence-electron chi connectivity index (χ1n) is 7.85. The molecule has 1 atom stereocenters. The lowest BCUT2D eigenvalue weighted by atomic mass is 10.1. The van der Waals surface area contributed by atoms with Crippen LogP contribution in [-0.4, -0.2) is 52.9 Å². The number of carbonyl (C=O) groups is 1. The number of carboxylic acid groups (broad SMARTS) is 1. The van der Waals surface area contributed by atoms with Gasteiger partial charge in [0, 0.05) is 40.8 Å². The molecule has 0 amide bonds. The molecule has 1 N–H and O–H groups in total. The molecule has 1 aromatic carbocycles. The number of nitrogens with zero attached hydrogens (tertiary/aromatic N) is 2. The third-order valence-corrected chi connectivity index (χ3v) is 5.07. The van der Waals surface area contributed by atoms with Gasteiger partial charge in [0.05, 0.1) is 18.7 Å². The van der Waals surface area contributed by atoms with Gasteiger partial charge in [-0.15, -0.1) is 0 Å². The van der Waals surface area contributed by atoms with Gasteiger partial charge in [-0.3, -0.25) is 9.69 Å². The number of hydrogen-bond donors (Lipinski definition) is 1. The molecule has 6 nitrogen and oxygen atoms in total. The Hall–Kier alpha value is -1.45. The molecule has 1 aliphatic rings. The van der Waals surface area contributed by atoms with Crippen LogP contribution in [0.4, 0.5) is 0 Å². The minimum Gasteiger partial charge on any atom is -0.477 e. The number of benzene rings is 1. The van der Waals surface area contributed by atoms with Crippen LogP contribution in [0.2, 0.25) is 0 Å². The maximum absolute atomic E-state index is 12.4. The molecule has 7 heteroatoms. The summed E-state index contributed by atoms with van der Waals surface area (Å²) in [5.74, 6) is -1.19. The smallest absolute Gasteiger partial charge is 0.341 e. The summed E-state index contributed by atoms with van der Waals surface area (Å²) < 4.78 is 8.18. The zero-order valence-corrected chi connectivity index (χ0v) is 15.5. The van der Waals surface area contributed by atoms with E-state index in [4.69, 9.17) is 4.74 Å². The summed E-state index contributed by atoms with van der Waals surface area (Å²) in [5.41, 5.74) is 0.162. The van der Waals surface area contributed by atoms with Gasteiger partial charge in [0.1, 0.15) is 5.56 Å². The largest absolute Gasteiger partial charge is 0.477 e. The molecule has 1 unspecified atom stereocenters. The molecule has 0 saturated carbocycles. The van der Waals surface area contributed by atoms with Crippen LogP contribution in [0.5, 0.6) is 0 Å². The average molecular weight is 442 g/mol. The maximum Gasteiger partial charge on any atom is 0.341 e. The zero-order chi connectivity index (χ0) is 17.3. The third kappa shape index (κ3) is 3.47. The lowest BCUT2D eigenvalue weighted by molar-refractivity contribution is 0.0171. The first-order valence-corrected chi connectivity index (χ1v) is 8.93. The van der Waals surface area contributed by atoms with E-state index in [9.17, 15) is 14.7 Å². The molecule has 24 heavy (non-hydrogen) atoms. The van der Waals surface area contributed by atoms with Crippen molar-refractivity contribution in [3.05, 3.63) is 43.8 Å². The van der Waals surface area contributed by atoms with Crippen molar-refractivity contribution in [2.75, 3.05) is 26.3 Å². The Labute approximate surface area is 153 Å². The van der Waals surface area contributed by atoms with Crippen LogP contribution in [0.25, 0.3) is 10.9 Å². The van der Waals surface area contributed by atoms with Crippen molar-refractivity contribution in [1.82, 2.24) is 9.47 Å². The van der Waals surface area contributed by atoms with Crippen molar-refractivity contribution in [3.8, 4) is 0 Å². The Morgan fingerprint density at radius 3 is 2.75 bits per heavy atom. The van der Waals surface area contributed by atoms with Crippen molar-refractivity contribution in [2.24, 2.45) is 0 Å². The summed E-state index contributed by atoms with van der Waals surface area (Å²) in [6.45, 7) is 5.90. The van der Waals surface area contributed by atoms with Gasteiger partial charge in [0.25, 0.3) is 0 Å². The lowest BCUT2D eigenvalue weighted by Crippen LogP contribution is -2.44. The molecule has 0 spiro atoms. The molecule has 1 fully saturated rings. The molecule has 1 aromatic heterocycles. The Bertz CT molecular complexity index is 827. The summed E-state index contributed by atoms with van der Waals surface area (Å²) in [6, 6.07) is 5.79. The van der Waals surface area contributed by atoms with Crippen molar-refractivity contribution in [1.29, 1.82) is 0 Å². The van der Waals surface area contributed by atoms with Gasteiger partial charge in [0.2, 0.25) is 5.43 Å². The first kappa shape index (κ1) is 17.4. The second-order valence-electron chi connectivity index (χ2n) is 5.99. The standard InChI is InChI=1S/C17H19IN2O4/c1-11(19-4-6-24-7-5-19)9-20-10-14(17(22)23)16(21)13-8-12(18)2-3-15(13)20/h2-3,8,10-11H,4-7,9H2,1H3,(H,22,23). The highest BCUT2D eigenvalue weighted by Gasteiger charge is 2.20. The molecule has 0 aliphatic carbocycles. The summed E-state index contributed by atoms with van der Waals surface area (Å²) in [6.07, 6.45) is 1.47. The van der Waals surface area contributed by atoms with Gasteiger partial charge in [-0.05, 0) is 47.7 Å². The van der Waals surface area contributed by atoms with Crippen LogP contribution in [-0.2, 0) is 11.3 Å². The van der Waals surface area contributed by atoms with E-state index in [-0.39, 0.29) is 11.6 Å². The fourth-order valence-corrected chi connectivity index (χ4v) is 3.58. The molecule has 128 valence electrons. The van der Waals surface area contributed by atoms with Crippen LogP contribution in [0, 0.1) is 3.57 Å². The number of aromatic carboxylic acids is 1. The number of rotatable bonds is 4. The minimum absolute atomic E-state index is 0.182. The van der Waals surface area contributed by atoms with E-state index in [1.807, 2.05) is 16.7 Å². The van der Waals surface area contributed by atoms with E-state index in [0.29, 0.717) is 25.1 Å². The predicted octanol–water partition coefficient (Wildman–Crippen LogP) is 2.03. The monoisotopic (exact) mass is 442 g/mol. The normalized spacial score (nSPS) is 17.1. The van der Waals surface area contributed by atoms with E-state index < -0.39 is 11.4 Å². The Morgan fingerprint density at radius 2 is 2.08 bits per heavy atom. The lowest BCUT2D eigenvalue weighted by Gasteiger charge is -2.33. The topological polar surface area (TPSA) is 71.8 Å². The second-order valence-corrected chi connectivity index (χ2v) is 7.23. The van der Waals surface area contributed by atoms with Gasteiger partial charge in [0.15, 0.2) is 0 Å². The first-order chi connectivity index (χ1) is 11.5. The summed E-state index contributed by atoms with van der Waals surface area (Å²) in [5, 5.41) is 9.81. The quantitative estimate of drug-likeness (QED) is 0.734. The number of carboxylic acids is 1. The number of hydrogen-bond acceptors (Lipinski definition) is 4. The number of pyridine rings is 1. The summed E-state index contributed by atoms with van der Waals surface area (Å²) in [7, 11) is 0. The Balaban J connectivity index is 2.04. The summed E-state index contributed by atoms with van der Waals surface area (Å²) >= 11 is 2.13. The fourth-order valence-electron chi connectivity index (χ4n) is 3.09. The van der Waals surface area contributed by atoms with Crippen LogP contribution in [0.1, 0.15) is 17.3 Å². The van der Waals surface area contributed by atoms with Crippen molar-refractivity contribution in [3.63, 3.8) is 0 Å². The number of ether oxygens (including phenoxy) is 1. The van der Waals surface area contributed by atoms with Crippen molar-refractivity contribution >= 4 is 39.5 Å². The third-order valence-electron chi connectivity index (χ3n) is 4.40. The van der Waals surface area contributed by atoms with E-state index >= 15 is 0 Å². The van der Waals surface area contributed by atoms with Gasteiger partial charge >= 0.3 is 5.97 Å². The number of fused-ring (bicyclic) bond motifs is 1. The molecule has 0 radical (unpaired) electrons. The average Bonchev–Trinajstić information content (AvgIpc) is 2.57. The molecular weight excluding hydrogens is 423 g/mol. The number of halogens is 1. The van der Waals surface area contributed by atoms with Gasteiger partial charge in [-0.25, -0.2) is 4.79 Å². The number of aromatic nitrogens is 1. The van der Waals surface area contributed by atoms with E-state index in [2.05, 4.69) is 34.4 Å². The van der Waals surface area contributed by atoms with Gasteiger partial charge < -0.3 is 14.4 Å². The second kappa shape index (κ2) is 7.20. The molecule has 2 aromatic rings. The van der Waals surface area contributed by atoms with Crippen LogP contribution in [0.3, 0.4) is 0 Å². The van der Waals surface area contributed by atoms with Crippen LogP contribution in [0.15, 0.2) is 29.2 Å². The zero-order valence-electron chi connectivity index (χ0n) is 13.4. The van der Waals surface area contributed by atoms with E-state index in [1.54, 1.807) is 6.07 Å². The van der Waals surface area contributed by atoms with E-state index in [1.165, 1.54) is 6.20 Å². The minimum atomic E-state index is -1.19. The molecule has 1 aliphatic heterocycles.